The Kier molecular flexibility index (Phi) is 8.36. The third kappa shape index (κ3) is 5.67. The van der Waals surface area contributed by atoms with E-state index in [4.69, 9.17) is 14.2 Å². The number of carbonyl (C=O) groups is 2. The first-order chi connectivity index (χ1) is 18.3. The minimum absolute atomic E-state index is 0.00520. The minimum atomic E-state index is -0.858. The molecule has 0 bridgehead atoms. The second-order valence-electron chi connectivity index (χ2n) is 9.52. The highest BCUT2D eigenvalue weighted by Gasteiger charge is 2.47. The van der Waals surface area contributed by atoms with E-state index >= 15 is 0 Å². The molecule has 1 atom stereocenters. The fourth-order valence-corrected chi connectivity index (χ4v) is 4.28. The van der Waals surface area contributed by atoms with Gasteiger partial charge in [-0.1, -0.05) is 32.9 Å². The molecule has 0 saturated carbocycles. The lowest BCUT2D eigenvalue weighted by Gasteiger charge is -2.26. The fraction of sp³-hybridized carbons (Fsp3) is 0.290. The Morgan fingerprint density at radius 1 is 0.921 bits per heavy atom. The number of benzene rings is 3. The van der Waals surface area contributed by atoms with Gasteiger partial charge in [0.25, 0.3) is 11.7 Å². The van der Waals surface area contributed by atoms with Gasteiger partial charge in [0.05, 0.1) is 31.9 Å². The maximum Gasteiger partial charge on any atom is 0.300 e. The molecule has 1 fully saturated rings. The van der Waals surface area contributed by atoms with Crippen LogP contribution < -0.4 is 19.1 Å². The molecule has 1 aliphatic rings. The summed E-state index contributed by atoms with van der Waals surface area (Å²) in [4.78, 5) is 28.2. The van der Waals surface area contributed by atoms with Crippen LogP contribution in [0, 0.1) is 5.92 Å². The summed E-state index contributed by atoms with van der Waals surface area (Å²) >= 11 is 0. The van der Waals surface area contributed by atoms with Gasteiger partial charge < -0.3 is 19.3 Å². The van der Waals surface area contributed by atoms with E-state index in [1.165, 1.54) is 4.90 Å². The highest BCUT2D eigenvalue weighted by Crippen LogP contribution is 2.43. The Labute approximate surface area is 223 Å². The van der Waals surface area contributed by atoms with Crippen LogP contribution in [0.2, 0.25) is 0 Å². The summed E-state index contributed by atoms with van der Waals surface area (Å²) in [6.45, 7) is 7.29. The first-order valence-corrected chi connectivity index (χ1v) is 12.7. The van der Waals surface area contributed by atoms with Crippen LogP contribution in [-0.4, -0.2) is 37.1 Å². The number of amides is 1. The predicted molar refractivity (Wildman–Crippen MR) is 147 cm³/mol. The molecule has 0 aromatic heterocycles. The van der Waals surface area contributed by atoms with Gasteiger partial charge in [-0.25, -0.2) is 0 Å². The van der Waals surface area contributed by atoms with Gasteiger partial charge in [-0.2, -0.15) is 0 Å². The van der Waals surface area contributed by atoms with Crippen molar-refractivity contribution in [1.82, 2.24) is 0 Å². The molecule has 3 aromatic rings. The maximum atomic E-state index is 13.4. The van der Waals surface area contributed by atoms with Crippen LogP contribution in [0.5, 0.6) is 17.2 Å². The summed E-state index contributed by atoms with van der Waals surface area (Å²) in [5.41, 5.74) is 1.56. The number of rotatable bonds is 10. The van der Waals surface area contributed by atoms with Crippen LogP contribution in [0.1, 0.15) is 44.4 Å². The number of nitrogens with zero attached hydrogens (tertiary/aromatic N) is 1. The van der Waals surface area contributed by atoms with Gasteiger partial charge >= 0.3 is 0 Å². The molecule has 1 unspecified atom stereocenters. The van der Waals surface area contributed by atoms with Gasteiger partial charge in [0, 0.05) is 11.3 Å². The molecule has 1 heterocycles. The number of hydrogen-bond acceptors (Lipinski definition) is 6. The van der Waals surface area contributed by atoms with E-state index < -0.39 is 17.7 Å². The second kappa shape index (κ2) is 11.9. The summed E-state index contributed by atoms with van der Waals surface area (Å²) in [5.74, 6) is 0.531. The Morgan fingerprint density at radius 3 is 2.21 bits per heavy atom. The van der Waals surface area contributed by atoms with Crippen LogP contribution in [0.4, 0.5) is 5.69 Å². The molecule has 7 nitrogen and oxygen atoms in total. The quantitative estimate of drug-likeness (QED) is 0.198. The number of aliphatic hydroxyl groups excluding tert-OH is 1. The molecule has 38 heavy (non-hydrogen) atoms. The minimum Gasteiger partial charge on any atom is -0.507 e. The predicted octanol–water partition coefficient (Wildman–Crippen LogP) is 6.15. The molecular weight excluding hydrogens is 482 g/mol. The van der Waals surface area contributed by atoms with E-state index in [1.807, 2.05) is 6.92 Å². The number of ether oxygens (including phenoxy) is 3. The first-order valence-electron chi connectivity index (χ1n) is 12.7. The van der Waals surface area contributed by atoms with E-state index in [0.717, 1.165) is 6.42 Å². The number of hydrogen-bond donors (Lipinski definition) is 1. The van der Waals surface area contributed by atoms with Gasteiger partial charge in [-0.05, 0) is 78.6 Å². The highest BCUT2D eigenvalue weighted by molar-refractivity contribution is 6.51. The Morgan fingerprint density at radius 2 is 1.58 bits per heavy atom. The third-order valence-corrected chi connectivity index (χ3v) is 6.15. The number of carbonyl (C=O) groups excluding carboxylic acids is 2. The van der Waals surface area contributed by atoms with Crippen LogP contribution in [0.15, 0.2) is 78.4 Å². The van der Waals surface area contributed by atoms with E-state index in [1.54, 1.807) is 79.9 Å². The summed E-state index contributed by atoms with van der Waals surface area (Å²) < 4.78 is 16.8. The van der Waals surface area contributed by atoms with Gasteiger partial charge in [0.1, 0.15) is 23.0 Å². The monoisotopic (exact) mass is 515 g/mol. The molecule has 1 amide bonds. The molecule has 198 valence electrons. The van der Waals surface area contributed by atoms with E-state index in [0.29, 0.717) is 53.2 Å². The van der Waals surface area contributed by atoms with Crippen molar-refractivity contribution < 1.29 is 28.9 Å². The topological polar surface area (TPSA) is 85.3 Å². The van der Waals surface area contributed by atoms with Crippen LogP contribution in [-0.2, 0) is 9.59 Å². The summed E-state index contributed by atoms with van der Waals surface area (Å²) in [7, 11) is 1.55. The average molecular weight is 516 g/mol. The van der Waals surface area contributed by atoms with Crippen LogP contribution in [0.25, 0.3) is 5.76 Å². The van der Waals surface area contributed by atoms with Gasteiger partial charge in [0.2, 0.25) is 0 Å². The molecule has 0 radical (unpaired) electrons. The fourth-order valence-electron chi connectivity index (χ4n) is 4.28. The maximum absolute atomic E-state index is 13.4. The van der Waals surface area contributed by atoms with Crippen LogP contribution in [0.3, 0.4) is 0 Å². The van der Waals surface area contributed by atoms with Crippen molar-refractivity contribution >= 4 is 23.1 Å². The summed E-state index contributed by atoms with van der Waals surface area (Å²) in [5, 5.41) is 11.4. The zero-order valence-corrected chi connectivity index (χ0v) is 22.1. The lowest BCUT2D eigenvalue weighted by molar-refractivity contribution is -0.132. The van der Waals surface area contributed by atoms with Crippen molar-refractivity contribution in [3.63, 3.8) is 0 Å². The molecular formula is C31H33NO6. The van der Waals surface area contributed by atoms with Crippen LogP contribution >= 0.6 is 0 Å². The molecule has 4 rings (SSSR count). The smallest absolute Gasteiger partial charge is 0.300 e. The lowest BCUT2D eigenvalue weighted by Crippen LogP contribution is -2.29. The molecule has 1 N–H and O–H groups in total. The molecule has 1 saturated heterocycles. The largest absolute Gasteiger partial charge is 0.507 e. The van der Waals surface area contributed by atoms with Crippen molar-refractivity contribution in [3.8, 4) is 17.2 Å². The highest BCUT2D eigenvalue weighted by atomic mass is 16.5. The normalized spacial score (nSPS) is 16.7. The average Bonchev–Trinajstić information content (AvgIpc) is 3.21. The van der Waals surface area contributed by atoms with Crippen molar-refractivity contribution in [2.75, 3.05) is 25.2 Å². The van der Waals surface area contributed by atoms with E-state index in [2.05, 4.69) is 13.8 Å². The van der Waals surface area contributed by atoms with E-state index in [-0.39, 0.29) is 11.3 Å². The van der Waals surface area contributed by atoms with Gasteiger partial charge in [-0.15, -0.1) is 0 Å². The van der Waals surface area contributed by atoms with Crippen molar-refractivity contribution in [3.05, 3.63) is 89.5 Å². The standard InChI is InChI=1S/C31H33NO6/c1-5-17-37-24-13-9-21(10-14-24)29(33)27-28(22-7-6-8-26(18-22)36-4)32(31(35)30(27)34)23-11-15-25(16-12-23)38-19-20(2)3/h6-16,18,20,28,33H,5,17,19H2,1-4H3/b29-27-. The Bertz CT molecular complexity index is 1310. The Hall–Kier alpha value is -4.26. The molecule has 0 aliphatic carbocycles. The number of ketones is 1. The lowest BCUT2D eigenvalue weighted by atomic mass is 9.95. The molecule has 1 aliphatic heterocycles. The first kappa shape index (κ1) is 26.8. The number of methoxy groups -OCH3 is 1. The number of Topliss-reactive ketones (excluding diaryl/α,β-unsaturated/α-hetero) is 1. The second-order valence-corrected chi connectivity index (χ2v) is 9.52. The Balaban J connectivity index is 1.79. The molecule has 0 spiro atoms. The number of aliphatic hydroxyl groups is 1. The molecule has 7 heteroatoms. The van der Waals surface area contributed by atoms with Gasteiger partial charge in [-0.3, -0.25) is 14.5 Å². The zero-order chi connectivity index (χ0) is 27.2. The van der Waals surface area contributed by atoms with Crippen molar-refractivity contribution in [2.24, 2.45) is 5.92 Å². The summed E-state index contributed by atoms with van der Waals surface area (Å²) in [6.07, 6.45) is 0.872. The molecule has 3 aromatic carbocycles. The summed E-state index contributed by atoms with van der Waals surface area (Å²) in [6, 6.07) is 20.1. The SMILES string of the molecule is CCCOc1ccc(/C(O)=C2/C(=O)C(=O)N(c3ccc(OCC(C)C)cc3)C2c2cccc(OC)c2)cc1. The third-order valence-electron chi connectivity index (χ3n) is 6.15. The van der Waals surface area contributed by atoms with E-state index in [9.17, 15) is 14.7 Å². The van der Waals surface area contributed by atoms with Gasteiger partial charge in [0.15, 0.2) is 0 Å². The van der Waals surface area contributed by atoms with Crippen molar-refractivity contribution in [1.29, 1.82) is 0 Å². The zero-order valence-electron chi connectivity index (χ0n) is 22.1. The number of anilines is 1. The van der Waals surface area contributed by atoms with Crippen molar-refractivity contribution in [2.45, 2.75) is 33.2 Å².